The molecule has 0 saturated carbocycles. The number of hydrogen-bond acceptors (Lipinski definition) is 3. The van der Waals surface area contributed by atoms with Crippen molar-refractivity contribution >= 4 is 5.91 Å². The highest BCUT2D eigenvalue weighted by Crippen LogP contribution is 2.29. The lowest BCUT2D eigenvalue weighted by Crippen LogP contribution is -2.70. The molecule has 1 amide bonds. The first-order chi connectivity index (χ1) is 11.8. The van der Waals surface area contributed by atoms with Crippen LogP contribution in [0.25, 0.3) is 0 Å². The Morgan fingerprint density at radius 2 is 1.96 bits per heavy atom. The molecule has 25 heavy (non-hydrogen) atoms. The zero-order valence-electron chi connectivity index (χ0n) is 15.8. The summed E-state index contributed by atoms with van der Waals surface area (Å²) >= 11 is 0. The smallest absolute Gasteiger partial charge is 0.256 e. The fourth-order valence-electron chi connectivity index (χ4n) is 4.45. The topological polar surface area (TPSA) is 26.8 Å². The Labute approximate surface area is 150 Å². The van der Waals surface area contributed by atoms with E-state index in [0.717, 1.165) is 26.2 Å². The van der Waals surface area contributed by atoms with Crippen LogP contribution in [-0.2, 0) is 0 Å². The monoisotopic (exact) mass is 347 g/mol. The molecule has 2 saturated heterocycles. The van der Waals surface area contributed by atoms with E-state index in [4.69, 9.17) is 0 Å². The largest absolute Gasteiger partial charge is 0.336 e. The van der Waals surface area contributed by atoms with Gasteiger partial charge in [0.25, 0.3) is 5.91 Å². The van der Waals surface area contributed by atoms with E-state index in [9.17, 15) is 9.18 Å². The maximum atomic E-state index is 14.0. The molecule has 0 aromatic heterocycles. The summed E-state index contributed by atoms with van der Waals surface area (Å²) in [4.78, 5) is 19.7. The molecule has 0 aliphatic carbocycles. The van der Waals surface area contributed by atoms with E-state index < -0.39 is 5.82 Å². The van der Waals surface area contributed by atoms with Gasteiger partial charge in [0.15, 0.2) is 0 Å². The molecule has 0 N–H and O–H groups in total. The summed E-state index contributed by atoms with van der Waals surface area (Å²) < 4.78 is 14.0. The van der Waals surface area contributed by atoms with Crippen LogP contribution in [0.1, 0.15) is 38.1 Å². The average molecular weight is 347 g/mol. The maximum Gasteiger partial charge on any atom is 0.256 e. The predicted molar refractivity (Wildman–Crippen MR) is 98.2 cm³/mol. The predicted octanol–water partition coefficient (Wildman–Crippen LogP) is 2.70. The highest BCUT2D eigenvalue weighted by Gasteiger charge is 2.43. The fraction of sp³-hybridized carbons (Fsp3) is 0.650. The number of piperazine rings is 2. The molecule has 1 unspecified atom stereocenters. The molecule has 0 spiro atoms. The molecule has 2 heterocycles. The zero-order valence-corrected chi connectivity index (χ0v) is 15.8. The first-order valence-electron chi connectivity index (χ1n) is 9.31. The number of benzene rings is 1. The minimum absolute atomic E-state index is 0.102. The molecule has 0 bridgehead atoms. The number of amides is 1. The van der Waals surface area contributed by atoms with Crippen molar-refractivity contribution in [2.45, 2.75) is 39.3 Å². The molecule has 0 radical (unpaired) electrons. The minimum atomic E-state index is -0.430. The normalized spacial score (nSPS) is 24.4. The maximum absolute atomic E-state index is 14.0. The SMILES string of the molecule is CC(C)CN1CC2CN(C(=O)c3ccccc3F)CCN2C(C)(C)C1. The molecule has 1 atom stereocenters. The Morgan fingerprint density at radius 1 is 1.24 bits per heavy atom. The summed E-state index contributed by atoms with van der Waals surface area (Å²) in [5, 5.41) is 0. The fourth-order valence-corrected chi connectivity index (χ4v) is 4.45. The molecule has 2 aliphatic rings. The van der Waals surface area contributed by atoms with Crippen molar-refractivity contribution in [2.24, 2.45) is 5.92 Å². The molecular weight excluding hydrogens is 317 g/mol. The van der Waals surface area contributed by atoms with Crippen LogP contribution in [0.5, 0.6) is 0 Å². The van der Waals surface area contributed by atoms with Crippen LogP contribution in [0.15, 0.2) is 24.3 Å². The van der Waals surface area contributed by atoms with Gasteiger partial charge in [0, 0.05) is 50.8 Å². The Balaban J connectivity index is 1.74. The number of halogens is 1. The van der Waals surface area contributed by atoms with E-state index in [-0.39, 0.29) is 17.0 Å². The second kappa shape index (κ2) is 7.04. The van der Waals surface area contributed by atoms with Crippen LogP contribution in [0.3, 0.4) is 0 Å². The quantitative estimate of drug-likeness (QED) is 0.841. The lowest BCUT2D eigenvalue weighted by Gasteiger charge is -2.55. The van der Waals surface area contributed by atoms with E-state index in [0.29, 0.717) is 25.0 Å². The summed E-state index contributed by atoms with van der Waals surface area (Å²) in [5.74, 6) is 0.0129. The lowest BCUT2D eigenvalue weighted by atomic mass is 9.92. The van der Waals surface area contributed by atoms with Gasteiger partial charge < -0.3 is 4.90 Å². The Bertz CT molecular complexity index is 631. The Hall–Kier alpha value is -1.46. The van der Waals surface area contributed by atoms with Crippen molar-refractivity contribution < 1.29 is 9.18 Å². The first-order valence-corrected chi connectivity index (χ1v) is 9.31. The van der Waals surface area contributed by atoms with Gasteiger partial charge >= 0.3 is 0 Å². The minimum Gasteiger partial charge on any atom is -0.336 e. The van der Waals surface area contributed by atoms with Crippen LogP contribution < -0.4 is 0 Å². The van der Waals surface area contributed by atoms with Gasteiger partial charge in [-0.1, -0.05) is 26.0 Å². The zero-order chi connectivity index (χ0) is 18.2. The van der Waals surface area contributed by atoms with Crippen LogP contribution in [0.2, 0.25) is 0 Å². The molecule has 2 fully saturated rings. The molecule has 3 rings (SSSR count). The van der Waals surface area contributed by atoms with Crippen molar-refractivity contribution in [1.82, 2.24) is 14.7 Å². The van der Waals surface area contributed by atoms with E-state index in [1.807, 2.05) is 4.90 Å². The third-order valence-electron chi connectivity index (χ3n) is 5.35. The molecule has 5 heteroatoms. The van der Waals surface area contributed by atoms with Gasteiger partial charge in [-0.25, -0.2) is 4.39 Å². The van der Waals surface area contributed by atoms with Gasteiger partial charge in [0.2, 0.25) is 0 Å². The number of carbonyl (C=O) groups is 1. The number of rotatable bonds is 3. The highest BCUT2D eigenvalue weighted by atomic mass is 19.1. The van der Waals surface area contributed by atoms with E-state index in [1.165, 1.54) is 6.07 Å². The lowest BCUT2D eigenvalue weighted by molar-refractivity contribution is -0.0613. The standard InChI is InChI=1S/C20H30FN3O/c1-15(2)11-22-12-16-13-23(9-10-24(16)20(3,4)14-22)19(25)17-7-5-6-8-18(17)21/h5-8,15-16H,9-14H2,1-4H3. The van der Waals surface area contributed by atoms with Crippen LogP contribution in [0, 0.1) is 11.7 Å². The van der Waals surface area contributed by atoms with Crippen molar-refractivity contribution in [1.29, 1.82) is 0 Å². The summed E-state index contributed by atoms with van der Waals surface area (Å²) in [5.41, 5.74) is 0.287. The van der Waals surface area contributed by atoms with Gasteiger partial charge in [-0.15, -0.1) is 0 Å². The Morgan fingerprint density at radius 3 is 2.64 bits per heavy atom. The second-order valence-electron chi connectivity index (χ2n) is 8.48. The number of nitrogens with zero attached hydrogens (tertiary/aromatic N) is 3. The third-order valence-corrected chi connectivity index (χ3v) is 5.35. The van der Waals surface area contributed by atoms with E-state index >= 15 is 0 Å². The summed E-state index contributed by atoms with van der Waals surface area (Å²) in [7, 11) is 0. The van der Waals surface area contributed by atoms with Gasteiger partial charge in [0.05, 0.1) is 5.56 Å². The molecule has 2 aliphatic heterocycles. The molecule has 1 aromatic carbocycles. The first kappa shape index (κ1) is 18.3. The number of hydrogen-bond donors (Lipinski definition) is 0. The van der Waals surface area contributed by atoms with Gasteiger partial charge in [-0.05, 0) is 31.9 Å². The number of fused-ring (bicyclic) bond motifs is 1. The molecular formula is C20H30FN3O. The highest BCUT2D eigenvalue weighted by molar-refractivity contribution is 5.94. The summed E-state index contributed by atoms with van der Waals surface area (Å²) in [6.07, 6.45) is 0. The van der Waals surface area contributed by atoms with Crippen molar-refractivity contribution in [2.75, 3.05) is 39.3 Å². The van der Waals surface area contributed by atoms with Crippen LogP contribution in [-0.4, -0.2) is 71.5 Å². The van der Waals surface area contributed by atoms with Gasteiger partial charge in [0.1, 0.15) is 5.82 Å². The molecule has 138 valence electrons. The van der Waals surface area contributed by atoms with Crippen molar-refractivity contribution in [3.8, 4) is 0 Å². The molecule has 4 nitrogen and oxygen atoms in total. The van der Waals surface area contributed by atoms with Crippen molar-refractivity contribution in [3.05, 3.63) is 35.6 Å². The Kier molecular flexibility index (Phi) is 5.16. The van der Waals surface area contributed by atoms with Crippen LogP contribution in [0.4, 0.5) is 4.39 Å². The van der Waals surface area contributed by atoms with E-state index in [1.54, 1.807) is 18.2 Å². The summed E-state index contributed by atoms with van der Waals surface area (Å²) in [6, 6.07) is 6.60. The van der Waals surface area contributed by atoms with Gasteiger partial charge in [-0.3, -0.25) is 14.6 Å². The third kappa shape index (κ3) is 3.87. The van der Waals surface area contributed by atoms with E-state index in [2.05, 4.69) is 37.5 Å². The second-order valence-corrected chi connectivity index (χ2v) is 8.48. The average Bonchev–Trinajstić information content (AvgIpc) is 2.53. The van der Waals surface area contributed by atoms with Gasteiger partial charge in [-0.2, -0.15) is 0 Å². The van der Waals surface area contributed by atoms with Crippen molar-refractivity contribution in [3.63, 3.8) is 0 Å². The van der Waals surface area contributed by atoms with Crippen LogP contribution >= 0.6 is 0 Å². The summed E-state index contributed by atoms with van der Waals surface area (Å²) in [6.45, 7) is 14.4. The molecule has 1 aromatic rings. The number of carbonyl (C=O) groups excluding carboxylic acids is 1.